The van der Waals surface area contributed by atoms with Crippen LogP contribution in [-0.2, 0) is 0 Å². The summed E-state index contributed by atoms with van der Waals surface area (Å²) < 4.78 is 5.34. The Balaban J connectivity index is 2.22. The fourth-order valence-electron chi connectivity index (χ4n) is 2.03. The number of nitrogens with zero attached hydrogens (tertiary/aromatic N) is 1. The van der Waals surface area contributed by atoms with Gasteiger partial charge in [-0.25, -0.2) is 0 Å². The minimum Gasteiger partial charge on any atom is -0.508 e. The molecule has 4 heteroatoms. The average Bonchev–Trinajstić information content (AvgIpc) is 2.48. The minimum atomic E-state index is -0.207. The van der Waals surface area contributed by atoms with E-state index in [4.69, 9.17) is 4.74 Å². The summed E-state index contributed by atoms with van der Waals surface area (Å²) >= 11 is 0. The van der Waals surface area contributed by atoms with E-state index in [1.54, 1.807) is 36.5 Å². The Morgan fingerprint density at radius 2 is 1.90 bits per heavy atom. The molecule has 0 aliphatic rings. The smallest absolute Gasteiger partial charge is 0.166 e. The lowest BCUT2D eigenvalue weighted by Gasteiger charge is -2.10. The van der Waals surface area contributed by atoms with Crippen LogP contribution in [0, 0.1) is 0 Å². The van der Waals surface area contributed by atoms with E-state index in [1.807, 2.05) is 26.0 Å². The van der Waals surface area contributed by atoms with Crippen LogP contribution in [0.3, 0.4) is 0 Å². The van der Waals surface area contributed by atoms with Crippen molar-refractivity contribution in [1.29, 1.82) is 0 Å². The molecular formula is C17H19NO3. The van der Waals surface area contributed by atoms with Gasteiger partial charge in [-0.1, -0.05) is 24.3 Å². The Bertz CT molecular complexity index is 638. The van der Waals surface area contributed by atoms with Gasteiger partial charge in [0.2, 0.25) is 0 Å². The third-order valence-corrected chi connectivity index (χ3v) is 3.15. The van der Waals surface area contributed by atoms with E-state index >= 15 is 0 Å². The molecule has 0 spiro atoms. The summed E-state index contributed by atoms with van der Waals surface area (Å²) in [7, 11) is 0. The molecule has 0 radical (unpaired) electrons. The predicted octanol–water partition coefficient (Wildman–Crippen LogP) is 3.68. The highest BCUT2D eigenvalue weighted by atomic mass is 16.5. The van der Waals surface area contributed by atoms with Crippen molar-refractivity contribution in [3.05, 3.63) is 53.6 Å². The Morgan fingerprint density at radius 3 is 2.62 bits per heavy atom. The molecule has 0 amide bonds. The Kier molecular flexibility index (Phi) is 4.82. The lowest BCUT2D eigenvalue weighted by molar-refractivity contribution is 0.318. The molecule has 2 aromatic carbocycles. The lowest BCUT2D eigenvalue weighted by atomic mass is 10.1. The number of hydrogen-bond acceptors (Lipinski definition) is 4. The molecule has 0 saturated heterocycles. The Morgan fingerprint density at radius 1 is 1.14 bits per heavy atom. The van der Waals surface area contributed by atoms with Crippen molar-refractivity contribution in [2.24, 2.45) is 4.99 Å². The van der Waals surface area contributed by atoms with E-state index in [0.29, 0.717) is 17.9 Å². The van der Waals surface area contributed by atoms with Crippen LogP contribution in [0.5, 0.6) is 17.2 Å². The number of para-hydroxylation sites is 2. The maximum Gasteiger partial charge on any atom is 0.166 e. The van der Waals surface area contributed by atoms with E-state index < -0.39 is 0 Å². The van der Waals surface area contributed by atoms with Crippen molar-refractivity contribution >= 4 is 6.21 Å². The second kappa shape index (κ2) is 6.79. The second-order valence-electron chi connectivity index (χ2n) is 4.64. The van der Waals surface area contributed by atoms with Gasteiger partial charge >= 0.3 is 0 Å². The Hall–Kier alpha value is -2.49. The number of ether oxygens (including phenoxy) is 1. The van der Waals surface area contributed by atoms with Crippen molar-refractivity contribution in [3.63, 3.8) is 0 Å². The molecule has 0 heterocycles. The summed E-state index contributed by atoms with van der Waals surface area (Å²) in [6.45, 7) is 4.23. The first-order chi connectivity index (χ1) is 10.1. The van der Waals surface area contributed by atoms with Gasteiger partial charge in [-0.3, -0.25) is 4.99 Å². The summed E-state index contributed by atoms with van der Waals surface area (Å²) in [6.07, 6.45) is 1.59. The number of rotatable bonds is 5. The molecule has 4 nitrogen and oxygen atoms in total. The second-order valence-corrected chi connectivity index (χ2v) is 4.64. The van der Waals surface area contributed by atoms with E-state index in [0.717, 1.165) is 5.56 Å². The van der Waals surface area contributed by atoms with Crippen molar-refractivity contribution < 1.29 is 14.9 Å². The topological polar surface area (TPSA) is 62.0 Å². The van der Waals surface area contributed by atoms with Gasteiger partial charge in [-0.15, -0.1) is 0 Å². The van der Waals surface area contributed by atoms with Crippen LogP contribution >= 0.6 is 0 Å². The number of hydrogen-bond donors (Lipinski definition) is 2. The monoisotopic (exact) mass is 285 g/mol. The molecule has 0 aliphatic carbocycles. The first-order valence-electron chi connectivity index (χ1n) is 6.89. The van der Waals surface area contributed by atoms with E-state index in [9.17, 15) is 10.2 Å². The lowest BCUT2D eigenvalue weighted by Crippen LogP contribution is -1.95. The highest BCUT2D eigenvalue weighted by molar-refractivity contribution is 5.85. The fraction of sp³-hybridized carbons (Fsp3) is 0.235. The van der Waals surface area contributed by atoms with Gasteiger partial charge in [-0.05, 0) is 32.0 Å². The Labute approximate surface area is 124 Å². The minimum absolute atomic E-state index is 0.0765. The van der Waals surface area contributed by atoms with Crippen LogP contribution in [0.1, 0.15) is 31.0 Å². The van der Waals surface area contributed by atoms with Gasteiger partial charge in [0.05, 0.1) is 12.6 Å². The van der Waals surface area contributed by atoms with Gasteiger partial charge in [0, 0.05) is 17.3 Å². The highest BCUT2D eigenvalue weighted by Crippen LogP contribution is 2.30. The van der Waals surface area contributed by atoms with E-state index in [2.05, 4.69) is 4.99 Å². The van der Waals surface area contributed by atoms with Crippen molar-refractivity contribution in [1.82, 2.24) is 0 Å². The molecule has 0 aliphatic heterocycles. The van der Waals surface area contributed by atoms with Gasteiger partial charge in [0.25, 0.3) is 0 Å². The molecule has 21 heavy (non-hydrogen) atoms. The standard InChI is InChI=1S/C17H19NO3/c1-3-21-16-10-6-7-13(17(16)20)11-18-12(2)14-8-4-5-9-15(14)19/h4-12,19-20H,3H2,1-2H3. The molecular weight excluding hydrogens is 266 g/mol. The number of aliphatic imine (C=N–C) groups is 1. The molecule has 1 atom stereocenters. The summed E-state index contributed by atoms with van der Waals surface area (Å²) in [6, 6.07) is 12.2. The van der Waals surface area contributed by atoms with Gasteiger partial charge in [0.15, 0.2) is 11.5 Å². The first-order valence-corrected chi connectivity index (χ1v) is 6.89. The molecule has 0 saturated carbocycles. The zero-order chi connectivity index (χ0) is 15.2. The van der Waals surface area contributed by atoms with Gasteiger partial charge in [-0.2, -0.15) is 0 Å². The molecule has 0 bridgehead atoms. The molecule has 2 N–H and O–H groups in total. The normalized spacial score (nSPS) is 12.5. The van der Waals surface area contributed by atoms with E-state index in [1.165, 1.54) is 0 Å². The van der Waals surface area contributed by atoms with Crippen LogP contribution in [0.25, 0.3) is 0 Å². The summed E-state index contributed by atoms with van der Waals surface area (Å²) in [5, 5.41) is 19.9. The molecule has 2 aromatic rings. The van der Waals surface area contributed by atoms with Gasteiger partial charge < -0.3 is 14.9 Å². The zero-order valence-electron chi connectivity index (χ0n) is 12.2. The van der Waals surface area contributed by atoms with Crippen molar-refractivity contribution in [3.8, 4) is 17.2 Å². The highest BCUT2D eigenvalue weighted by Gasteiger charge is 2.09. The van der Waals surface area contributed by atoms with E-state index in [-0.39, 0.29) is 17.5 Å². The van der Waals surface area contributed by atoms with Crippen LogP contribution < -0.4 is 4.74 Å². The number of aromatic hydroxyl groups is 2. The van der Waals surface area contributed by atoms with Crippen molar-refractivity contribution in [2.75, 3.05) is 6.61 Å². The number of phenols is 2. The summed E-state index contributed by atoms with van der Waals surface area (Å²) in [5.74, 6) is 0.735. The summed E-state index contributed by atoms with van der Waals surface area (Å²) in [4.78, 5) is 4.39. The van der Waals surface area contributed by atoms with Gasteiger partial charge in [0.1, 0.15) is 5.75 Å². The van der Waals surface area contributed by atoms with Crippen LogP contribution in [0.2, 0.25) is 0 Å². The van der Waals surface area contributed by atoms with Crippen LogP contribution in [0.4, 0.5) is 0 Å². The third-order valence-electron chi connectivity index (χ3n) is 3.15. The average molecular weight is 285 g/mol. The number of phenolic OH excluding ortho intramolecular Hbond substituents is 2. The maximum absolute atomic E-state index is 10.1. The van der Waals surface area contributed by atoms with Crippen LogP contribution in [-0.4, -0.2) is 23.0 Å². The van der Waals surface area contributed by atoms with Crippen LogP contribution in [0.15, 0.2) is 47.5 Å². The molecule has 0 fully saturated rings. The third kappa shape index (κ3) is 3.54. The molecule has 0 aromatic heterocycles. The quantitative estimate of drug-likeness (QED) is 0.824. The molecule has 2 rings (SSSR count). The number of benzene rings is 2. The SMILES string of the molecule is CCOc1cccc(C=NC(C)c2ccccc2O)c1O. The maximum atomic E-state index is 10.1. The first kappa shape index (κ1) is 14.9. The molecule has 110 valence electrons. The summed E-state index contributed by atoms with van der Waals surface area (Å²) in [5.41, 5.74) is 1.33. The molecule has 1 unspecified atom stereocenters. The largest absolute Gasteiger partial charge is 0.508 e. The van der Waals surface area contributed by atoms with Crippen molar-refractivity contribution in [2.45, 2.75) is 19.9 Å². The predicted molar refractivity (Wildman–Crippen MR) is 83.4 cm³/mol. The fourth-order valence-corrected chi connectivity index (χ4v) is 2.03. The zero-order valence-corrected chi connectivity index (χ0v) is 12.2.